The van der Waals surface area contributed by atoms with E-state index in [1.807, 2.05) is 0 Å². The maximum Gasteiger partial charge on any atom is 0.146 e. The monoisotopic (exact) mass is 200 g/mol. The van der Waals surface area contributed by atoms with Crippen molar-refractivity contribution in [1.82, 2.24) is 0 Å². The smallest absolute Gasteiger partial charge is 0.146 e. The van der Waals surface area contributed by atoms with Gasteiger partial charge in [0, 0.05) is 0 Å². The quantitative estimate of drug-likeness (QED) is 0.630. The van der Waals surface area contributed by atoms with Gasteiger partial charge in [-0.2, -0.15) is 0 Å². The van der Waals surface area contributed by atoms with Crippen LogP contribution in [0.3, 0.4) is 0 Å². The zero-order chi connectivity index (χ0) is 10.6. The second-order valence-electron chi connectivity index (χ2n) is 3.41. The van der Waals surface area contributed by atoms with Crippen LogP contribution >= 0.6 is 0 Å². The fraction of sp³-hybridized carbons (Fsp3) is 0.600. The van der Waals surface area contributed by atoms with Crippen molar-refractivity contribution >= 4 is 0 Å². The van der Waals surface area contributed by atoms with Crippen LogP contribution in [0.1, 0.15) is 0 Å². The zero-order valence-electron chi connectivity index (χ0n) is 8.06. The van der Waals surface area contributed by atoms with Crippen LogP contribution in [-0.4, -0.2) is 42.4 Å². The molecular weight excluding hydrogens is 184 g/mol. The molecule has 1 rings (SSSR count). The Morgan fingerprint density at radius 3 is 1.86 bits per heavy atom. The van der Waals surface area contributed by atoms with Gasteiger partial charge >= 0.3 is 0 Å². The van der Waals surface area contributed by atoms with Gasteiger partial charge in [0.1, 0.15) is 6.79 Å². The van der Waals surface area contributed by atoms with Crippen LogP contribution in [0, 0.1) is 5.41 Å². The molecule has 0 amide bonds. The van der Waals surface area contributed by atoms with E-state index in [-0.39, 0.29) is 20.0 Å². The topological polar surface area (TPSA) is 58.9 Å². The van der Waals surface area contributed by atoms with Crippen molar-refractivity contribution in [3.05, 3.63) is 25.3 Å². The third-order valence-corrected chi connectivity index (χ3v) is 2.53. The van der Waals surface area contributed by atoms with E-state index < -0.39 is 17.6 Å². The molecule has 4 nitrogen and oxygen atoms in total. The third kappa shape index (κ3) is 1.88. The lowest BCUT2D eigenvalue weighted by atomic mass is 9.77. The average Bonchev–Trinajstić information content (AvgIpc) is 2.27. The molecule has 0 aliphatic carbocycles. The lowest BCUT2D eigenvalue weighted by molar-refractivity contribution is -0.211. The van der Waals surface area contributed by atoms with E-state index in [1.54, 1.807) is 0 Å². The van der Waals surface area contributed by atoms with Gasteiger partial charge in [0.25, 0.3) is 0 Å². The van der Waals surface area contributed by atoms with Gasteiger partial charge < -0.3 is 19.7 Å². The predicted octanol–water partition coefficient (Wildman–Crippen LogP) is 0.0709. The van der Waals surface area contributed by atoms with Crippen LogP contribution in [0.15, 0.2) is 25.3 Å². The molecule has 1 aliphatic rings. The van der Waals surface area contributed by atoms with Gasteiger partial charge in [-0.1, -0.05) is 12.2 Å². The van der Waals surface area contributed by atoms with Gasteiger partial charge in [-0.05, 0) is 0 Å². The summed E-state index contributed by atoms with van der Waals surface area (Å²) in [6, 6.07) is 0. The van der Waals surface area contributed by atoms with Gasteiger partial charge in [0.2, 0.25) is 0 Å². The molecule has 0 aromatic heterocycles. The van der Waals surface area contributed by atoms with E-state index in [2.05, 4.69) is 13.2 Å². The minimum absolute atomic E-state index is 0.190. The van der Waals surface area contributed by atoms with Gasteiger partial charge in [-0.3, -0.25) is 0 Å². The Balaban J connectivity index is 2.86. The summed E-state index contributed by atoms with van der Waals surface area (Å²) in [6.45, 7) is 7.63. The molecule has 1 heterocycles. The number of hydrogen-bond acceptors (Lipinski definition) is 4. The average molecular weight is 200 g/mol. The largest absolute Gasteiger partial charge is 0.388 e. The van der Waals surface area contributed by atoms with E-state index >= 15 is 0 Å². The van der Waals surface area contributed by atoms with Crippen LogP contribution in [0.2, 0.25) is 0 Å². The minimum atomic E-state index is -0.879. The van der Waals surface area contributed by atoms with Crippen molar-refractivity contribution in [2.24, 2.45) is 5.41 Å². The van der Waals surface area contributed by atoms with Crippen LogP contribution in [0.4, 0.5) is 0 Å². The first-order chi connectivity index (χ1) is 6.67. The first kappa shape index (κ1) is 11.4. The SMILES string of the molecule is C=CC(O)C1(C(O)C=C)COCOC1. The Morgan fingerprint density at radius 1 is 1.07 bits per heavy atom. The number of aliphatic hydroxyl groups is 2. The van der Waals surface area contributed by atoms with Crippen molar-refractivity contribution in [2.75, 3.05) is 20.0 Å². The van der Waals surface area contributed by atoms with Crippen molar-refractivity contribution in [1.29, 1.82) is 0 Å². The number of hydrogen-bond donors (Lipinski definition) is 2. The molecule has 14 heavy (non-hydrogen) atoms. The fourth-order valence-electron chi connectivity index (χ4n) is 1.55. The van der Waals surface area contributed by atoms with E-state index in [0.29, 0.717) is 0 Å². The molecule has 1 saturated heterocycles. The normalized spacial score (nSPS) is 25.0. The van der Waals surface area contributed by atoms with E-state index in [1.165, 1.54) is 12.2 Å². The molecule has 0 aromatic rings. The predicted molar refractivity (Wildman–Crippen MR) is 51.6 cm³/mol. The standard InChI is InChI=1S/C10H16O4/c1-3-8(11)10(9(12)4-2)5-13-7-14-6-10/h3-4,8-9,11-12H,1-2,5-7H2. The molecular formula is C10H16O4. The van der Waals surface area contributed by atoms with Gasteiger partial charge in [0.05, 0.1) is 30.8 Å². The molecule has 1 fully saturated rings. The molecule has 0 bridgehead atoms. The summed E-state index contributed by atoms with van der Waals surface area (Å²) in [6.07, 6.45) is 0.974. The van der Waals surface area contributed by atoms with Crippen LogP contribution in [-0.2, 0) is 9.47 Å². The van der Waals surface area contributed by atoms with E-state index in [4.69, 9.17) is 9.47 Å². The maximum absolute atomic E-state index is 9.75. The third-order valence-electron chi connectivity index (χ3n) is 2.53. The summed E-state index contributed by atoms with van der Waals surface area (Å²) >= 11 is 0. The highest BCUT2D eigenvalue weighted by Crippen LogP contribution is 2.32. The molecule has 0 radical (unpaired) electrons. The highest BCUT2D eigenvalue weighted by atomic mass is 16.7. The van der Waals surface area contributed by atoms with Crippen LogP contribution in [0.5, 0.6) is 0 Å². The summed E-state index contributed by atoms with van der Waals surface area (Å²) < 4.78 is 10.2. The fourth-order valence-corrected chi connectivity index (χ4v) is 1.55. The molecule has 0 spiro atoms. The first-order valence-electron chi connectivity index (χ1n) is 4.44. The number of rotatable bonds is 4. The molecule has 2 unspecified atom stereocenters. The van der Waals surface area contributed by atoms with Gasteiger partial charge in [0.15, 0.2) is 0 Å². The van der Waals surface area contributed by atoms with Crippen LogP contribution in [0.25, 0.3) is 0 Å². The highest BCUT2D eigenvalue weighted by molar-refractivity contribution is 5.05. The molecule has 2 N–H and O–H groups in total. The lowest BCUT2D eigenvalue weighted by Crippen LogP contribution is -2.53. The van der Waals surface area contributed by atoms with Gasteiger partial charge in [-0.25, -0.2) is 0 Å². The number of aliphatic hydroxyl groups excluding tert-OH is 2. The Hall–Kier alpha value is -0.680. The Kier molecular flexibility index (Phi) is 3.83. The first-order valence-corrected chi connectivity index (χ1v) is 4.44. The molecule has 2 atom stereocenters. The van der Waals surface area contributed by atoms with E-state index in [9.17, 15) is 10.2 Å². The van der Waals surface area contributed by atoms with Crippen molar-refractivity contribution in [2.45, 2.75) is 12.2 Å². The minimum Gasteiger partial charge on any atom is -0.388 e. The van der Waals surface area contributed by atoms with E-state index in [0.717, 1.165) is 0 Å². The highest BCUT2D eigenvalue weighted by Gasteiger charge is 2.44. The Labute approximate surface area is 83.5 Å². The Bertz CT molecular complexity index is 192. The number of ether oxygens (including phenoxy) is 2. The molecule has 80 valence electrons. The summed E-state index contributed by atoms with van der Waals surface area (Å²) in [5.74, 6) is 0. The molecule has 4 heteroatoms. The van der Waals surface area contributed by atoms with Crippen molar-refractivity contribution < 1.29 is 19.7 Å². The summed E-state index contributed by atoms with van der Waals surface area (Å²) in [7, 11) is 0. The zero-order valence-corrected chi connectivity index (χ0v) is 8.06. The lowest BCUT2D eigenvalue weighted by Gasteiger charge is -2.41. The second-order valence-corrected chi connectivity index (χ2v) is 3.41. The van der Waals surface area contributed by atoms with Crippen molar-refractivity contribution in [3.8, 4) is 0 Å². The second kappa shape index (κ2) is 4.70. The Morgan fingerprint density at radius 2 is 1.50 bits per heavy atom. The molecule has 0 aromatic carbocycles. The summed E-state index contributed by atoms with van der Waals surface area (Å²) in [5.41, 5.74) is -0.873. The van der Waals surface area contributed by atoms with Crippen LogP contribution < -0.4 is 0 Å². The molecule has 1 aliphatic heterocycles. The molecule has 0 saturated carbocycles. The maximum atomic E-state index is 9.75. The van der Waals surface area contributed by atoms with Crippen molar-refractivity contribution in [3.63, 3.8) is 0 Å². The summed E-state index contributed by atoms with van der Waals surface area (Å²) in [5, 5.41) is 19.5. The van der Waals surface area contributed by atoms with Gasteiger partial charge in [-0.15, -0.1) is 13.2 Å². The summed E-state index contributed by atoms with van der Waals surface area (Å²) in [4.78, 5) is 0.